The van der Waals surface area contributed by atoms with Crippen LogP contribution in [0.1, 0.15) is 30.4 Å². The van der Waals surface area contributed by atoms with E-state index in [2.05, 4.69) is 35.2 Å². The molecule has 0 saturated carbocycles. The van der Waals surface area contributed by atoms with Gasteiger partial charge in [0.25, 0.3) is 0 Å². The predicted octanol–water partition coefficient (Wildman–Crippen LogP) is 3.87. The van der Waals surface area contributed by atoms with Gasteiger partial charge < -0.3 is 10.0 Å². The second-order valence-corrected chi connectivity index (χ2v) is 5.86. The second-order valence-electron chi connectivity index (χ2n) is 5.86. The minimum atomic E-state index is 0.302. The Hall–Kier alpha value is -2.47. The maximum atomic E-state index is 9.32. The van der Waals surface area contributed by atoms with E-state index < -0.39 is 0 Å². The molecule has 0 radical (unpaired) electrons. The molecular weight excluding hydrogens is 272 g/mol. The van der Waals surface area contributed by atoms with Crippen LogP contribution < -0.4 is 4.90 Å². The molecule has 1 heterocycles. The molecule has 112 valence electrons. The number of anilines is 1. The smallest absolute Gasteiger partial charge is 0.115 e. The highest BCUT2D eigenvalue weighted by molar-refractivity contribution is 5.50. The van der Waals surface area contributed by atoms with E-state index in [1.165, 1.54) is 23.2 Å². The van der Waals surface area contributed by atoms with Gasteiger partial charge in [-0.2, -0.15) is 5.26 Å². The number of nitrogens with zero attached hydrogens (tertiary/aromatic N) is 2. The molecule has 1 saturated heterocycles. The monoisotopic (exact) mass is 292 g/mol. The number of hydrogen-bond donors (Lipinski definition) is 1. The van der Waals surface area contributed by atoms with Gasteiger partial charge >= 0.3 is 0 Å². The molecule has 1 aliphatic heterocycles. The van der Waals surface area contributed by atoms with Crippen molar-refractivity contribution in [3.05, 3.63) is 59.7 Å². The molecule has 22 heavy (non-hydrogen) atoms. The Labute approximate surface area is 131 Å². The number of benzene rings is 2. The van der Waals surface area contributed by atoms with Gasteiger partial charge in [-0.1, -0.05) is 24.3 Å². The Bertz CT molecular complexity index is 655. The van der Waals surface area contributed by atoms with Gasteiger partial charge in [0.05, 0.1) is 12.5 Å². The van der Waals surface area contributed by atoms with Crippen LogP contribution in [0.15, 0.2) is 48.5 Å². The third kappa shape index (κ3) is 3.23. The van der Waals surface area contributed by atoms with Gasteiger partial charge in [0.2, 0.25) is 0 Å². The molecule has 3 rings (SSSR count). The van der Waals surface area contributed by atoms with Crippen molar-refractivity contribution < 1.29 is 5.11 Å². The van der Waals surface area contributed by atoms with Crippen LogP contribution in [0.4, 0.5) is 5.69 Å². The highest BCUT2D eigenvalue weighted by Crippen LogP contribution is 2.27. The van der Waals surface area contributed by atoms with Gasteiger partial charge in [-0.05, 0) is 54.7 Å². The molecule has 1 fully saturated rings. The number of aromatic hydroxyl groups is 1. The van der Waals surface area contributed by atoms with Gasteiger partial charge in [-0.3, -0.25) is 0 Å². The van der Waals surface area contributed by atoms with Crippen molar-refractivity contribution in [2.24, 2.45) is 0 Å². The largest absolute Gasteiger partial charge is 0.508 e. The highest BCUT2D eigenvalue weighted by atomic mass is 16.3. The Balaban J connectivity index is 1.70. The maximum Gasteiger partial charge on any atom is 0.115 e. The minimum absolute atomic E-state index is 0.302. The summed E-state index contributed by atoms with van der Waals surface area (Å²) in [6.45, 7) is 1.05. The number of nitriles is 1. The number of phenols is 1. The molecule has 0 aliphatic carbocycles. The zero-order valence-corrected chi connectivity index (χ0v) is 12.6. The lowest BCUT2D eigenvalue weighted by atomic mass is 10.0. The lowest BCUT2D eigenvalue weighted by molar-refractivity contribution is 0.475. The first kappa shape index (κ1) is 14.5. The van der Waals surface area contributed by atoms with E-state index in [-0.39, 0.29) is 0 Å². The van der Waals surface area contributed by atoms with E-state index in [0.29, 0.717) is 18.2 Å². The summed E-state index contributed by atoms with van der Waals surface area (Å²) in [4.78, 5) is 2.35. The molecule has 1 aliphatic rings. The summed E-state index contributed by atoms with van der Waals surface area (Å²) in [7, 11) is 0. The number of hydrogen-bond acceptors (Lipinski definition) is 3. The molecule has 0 spiro atoms. The summed E-state index contributed by atoms with van der Waals surface area (Å²) in [5, 5.41) is 18.2. The fraction of sp³-hybridized carbons (Fsp3) is 0.316. The van der Waals surface area contributed by atoms with Crippen LogP contribution in [0.5, 0.6) is 5.75 Å². The van der Waals surface area contributed by atoms with Crippen molar-refractivity contribution in [1.29, 1.82) is 5.26 Å². The molecule has 3 nitrogen and oxygen atoms in total. The quantitative estimate of drug-likeness (QED) is 0.930. The van der Waals surface area contributed by atoms with Gasteiger partial charge in [-0.25, -0.2) is 0 Å². The van der Waals surface area contributed by atoms with E-state index >= 15 is 0 Å². The minimum Gasteiger partial charge on any atom is -0.508 e. The Morgan fingerprint density at radius 2 is 1.68 bits per heavy atom. The standard InChI is InChI=1S/C19H20N2O/c20-12-11-17-2-1-13-21(17)18-7-3-15(4-8-18)14-16-5-9-19(22)10-6-16/h3-10,17,22H,1-2,11,13-14H2. The first-order valence-corrected chi connectivity index (χ1v) is 7.77. The first-order valence-electron chi connectivity index (χ1n) is 7.77. The van der Waals surface area contributed by atoms with E-state index in [9.17, 15) is 5.11 Å². The third-order valence-corrected chi connectivity index (χ3v) is 4.32. The average Bonchev–Trinajstić information content (AvgIpc) is 2.99. The van der Waals surface area contributed by atoms with Crippen LogP contribution in [0, 0.1) is 11.3 Å². The zero-order valence-electron chi connectivity index (χ0n) is 12.6. The second kappa shape index (κ2) is 6.53. The lowest BCUT2D eigenvalue weighted by Crippen LogP contribution is -2.28. The number of phenolic OH excluding ortho intramolecular Hbond substituents is 1. The van der Waals surface area contributed by atoms with Crippen molar-refractivity contribution in [3.63, 3.8) is 0 Å². The Morgan fingerprint density at radius 1 is 1.05 bits per heavy atom. The Kier molecular flexibility index (Phi) is 4.29. The molecule has 2 aromatic rings. The van der Waals surface area contributed by atoms with E-state index in [4.69, 9.17) is 5.26 Å². The third-order valence-electron chi connectivity index (χ3n) is 4.32. The van der Waals surface area contributed by atoms with Crippen molar-refractivity contribution in [2.75, 3.05) is 11.4 Å². The number of rotatable bonds is 4. The van der Waals surface area contributed by atoms with Gasteiger partial charge in [0.15, 0.2) is 0 Å². The van der Waals surface area contributed by atoms with Crippen LogP contribution >= 0.6 is 0 Å². The topological polar surface area (TPSA) is 47.3 Å². The van der Waals surface area contributed by atoms with E-state index in [1.54, 1.807) is 12.1 Å². The molecule has 0 amide bonds. The SMILES string of the molecule is N#CCC1CCCN1c1ccc(Cc2ccc(O)cc2)cc1. The molecular formula is C19H20N2O. The fourth-order valence-corrected chi connectivity index (χ4v) is 3.15. The van der Waals surface area contributed by atoms with Crippen LogP contribution in [-0.2, 0) is 6.42 Å². The summed E-state index contributed by atoms with van der Waals surface area (Å²) in [6.07, 6.45) is 3.75. The van der Waals surface area contributed by atoms with E-state index in [0.717, 1.165) is 19.4 Å². The highest BCUT2D eigenvalue weighted by Gasteiger charge is 2.24. The van der Waals surface area contributed by atoms with E-state index in [1.807, 2.05) is 12.1 Å². The molecule has 0 bridgehead atoms. The van der Waals surface area contributed by atoms with Crippen molar-refractivity contribution in [1.82, 2.24) is 0 Å². The molecule has 3 heteroatoms. The fourth-order valence-electron chi connectivity index (χ4n) is 3.15. The Morgan fingerprint density at radius 3 is 2.32 bits per heavy atom. The van der Waals surface area contributed by atoms with Gasteiger partial charge in [-0.15, -0.1) is 0 Å². The average molecular weight is 292 g/mol. The molecule has 1 N–H and O–H groups in total. The van der Waals surface area contributed by atoms with Crippen LogP contribution in [0.25, 0.3) is 0 Å². The van der Waals surface area contributed by atoms with Crippen molar-refractivity contribution >= 4 is 5.69 Å². The zero-order chi connectivity index (χ0) is 15.4. The summed E-state index contributed by atoms with van der Waals surface area (Å²) in [5.74, 6) is 0.302. The van der Waals surface area contributed by atoms with Crippen LogP contribution in [0.2, 0.25) is 0 Å². The molecule has 1 atom stereocenters. The first-order chi connectivity index (χ1) is 10.8. The molecule has 1 unspecified atom stereocenters. The van der Waals surface area contributed by atoms with Gasteiger partial charge in [0, 0.05) is 18.3 Å². The van der Waals surface area contributed by atoms with Crippen molar-refractivity contribution in [2.45, 2.75) is 31.7 Å². The summed E-state index contributed by atoms with van der Waals surface area (Å²) in [5.41, 5.74) is 3.66. The van der Waals surface area contributed by atoms with Crippen molar-refractivity contribution in [3.8, 4) is 11.8 Å². The molecule has 0 aromatic heterocycles. The molecule has 2 aromatic carbocycles. The van der Waals surface area contributed by atoms with Crippen LogP contribution in [0.3, 0.4) is 0 Å². The summed E-state index contributed by atoms with van der Waals surface area (Å²) < 4.78 is 0. The summed E-state index contributed by atoms with van der Waals surface area (Å²) in [6, 6.07) is 18.6. The maximum absolute atomic E-state index is 9.32. The summed E-state index contributed by atoms with van der Waals surface area (Å²) >= 11 is 0. The lowest BCUT2D eigenvalue weighted by Gasteiger charge is -2.25. The predicted molar refractivity (Wildman–Crippen MR) is 88.0 cm³/mol. The van der Waals surface area contributed by atoms with Gasteiger partial charge in [0.1, 0.15) is 5.75 Å². The van der Waals surface area contributed by atoms with Crippen LogP contribution in [-0.4, -0.2) is 17.7 Å². The normalized spacial score (nSPS) is 17.4.